The van der Waals surface area contributed by atoms with Crippen molar-refractivity contribution in [2.45, 2.75) is 6.04 Å². The van der Waals surface area contributed by atoms with E-state index in [-0.39, 0.29) is 6.04 Å². The van der Waals surface area contributed by atoms with Gasteiger partial charge in [-0.1, -0.05) is 11.6 Å². The third-order valence-corrected chi connectivity index (χ3v) is 4.94. The lowest BCUT2D eigenvalue weighted by molar-refractivity contribution is 0.739. The normalized spacial score (nSPS) is 18.0. The topological polar surface area (TPSA) is 54.5 Å². The molecule has 0 spiro atoms. The number of rotatable bonds is 2. The molecule has 0 saturated carbocycles. The molecule has 0 amide bonds. The highest BCUT2D eigenvalue weighted by Gasteiger charge is 2.30. The Morgan fingerprint density at radius 1 is 1.24 bits per heavy atom. The van der Waals surface area contributed by atoms with Crippen LogP contribution in [0.25, 0.3) is 0 Å². The maximum absolute atomic E-state index is 6.05. The van der Waals surface area contributed by atoms with Gasteiger partial charge in [0.15, 0.2) is 5.96 Å². The van der Waals surface area contributed by atoms with Gasteiger partial charge in [0, 0.05) is 20.8 Å². The van der Waals surface area contributed by atoms with Crippen LogP contribution in [0.5, 0.6) is 0 Å². The van der Waals surface area contributed by atoms with Gasteiger partial charge in [0.1, 0.15) is 0 Å². The molecule has 1 aliphatic heterocycles. The van der Waals surface area contributed by atoms with E-state index >= 15 is 0 Å². The van der Waals surface area contributed by atoms with Crippen LogP contribution in [-0.4, -0.2) is 17.5 Å². The number of aliphatic imine (C=N–C) groups is 1. The van der Waals surface area contributed by atoms with E-state index in [4.69, 9.17) is 17.3 Å². The zero-order valence-corrected chi connectivity index (χ0v) is 14.7. The molecule has 1 atom stereocenters. The van der Waals surface area contributed by atoms with E-state index in [0.29, 0.717) is 17.5 Å². The number of anilines is 1. The monoisotopic (exact) mass is 428 g/mol. The highest BCUT2D eigenvalue weighted by molar-refractivity contribution is 9.10. The van der Waals surface area contributed by atoms with Crippen molar-refractivity contribution in [1.82, 2.24) is 4.98 Å². The summed E-state index contributed by atoms with van der Waals surface area (Å²) in [6.07, 6.45) is 1.78. The fraction of sp³-hybridized carbons (Fsp3) is 0.143. The zero-order chi connectivity index (χ0) is 15.0. The van der Waals surface area contributed by atoms with Gasteiger partial charge in [-0.05, 0) is 62.2 Å². The van der Waals surface area contributed by atoms with Crippen LogP contribution in [0.15, 0.2) is 50.5 Å². The lowest BCUT2D eigenvalue weighted by atomic mass is 10.1. The number of hydrogen-bond acceptors (Lipinski definition) is 4. The minimum atomic E-state index is -0.00817. The summed E-state index contributed by atoms with van der Waals surface area (Å²) in [6, 6.07) is 9.62. The van der Waals surface area contributed by atoms with Crippen LogP contribution in [0.3, 0.4) is 0 Å². The molecule has 108 valence electrons. The summed E-state index contributed by atoms with van der Waals surface area (Å²) < 4.78 is 1.77. The molecule has 1 aromatic heterocycles. The second-order valence-corrected chi connectivity index (χ2v) is 6.76. The Bertz CT molecular complexity index is 703. The van der Waals surface area contributed by atoms with Gasteiger partial charge in [0.25, 0.3) is 0 Å². The third-order valence-electron chi connectivity index (χ3n) is 3.26. The average molecular weight is 431 g/mol. The number of halogens is 3. The number of aromatic nitrogens is 1. The molecular formula is C14H11Br2ClN4. The van der Waals surface area contributed by atoms with Crippen LogP contribution in [0.2, 0.25) is 5.02 Å². The molecule has 1 aromatic carbocycles. The summed E-state index contributed by atoms with van der Waals surface area (Å²) in [5.74, 6) is 0.485. The van der Waals surface area contributed by atoms with E-state index in [9.17, 15) is 0 Å². The standard InChI is InChI=1S/C14H11Br2ClN4/c15-8-1-4-12(19-6-8)13-7-20-14(18)21(13)9-2-3-11(17)10(16)5-9/h1-6,13H,7H2,(H2,18,20). The quantitative estimate of drug-likeness (QED) is 0.779. The Kier molecular flexibility index (Phi) is 4.19. The van der Waals surface area contributed by atoms with Crippen molar-refractivity contribution < 1.29 is 0 Å². The Balaban J connectivity index is 1.99. The summed E-state index contributed by atoms with van der Waals surface area (Å²) in [5.41, 5.74) is 7.90. The first-order valence-corrected chi connectivity index (χ1v) is 8.18. The first-order valence-electron chi connectivity index (χ1n) is 6.22. The lowest BCUT2D eigenvalue weighted by Crippen LogP contribution is -2.36. The van der Waals surface area contributed by atoms with Gasteiger partial charge in [-0.15, -0.1) is 0 Å². The number of benzene rings is 1. The smallest absolute Gasteiger partial charge is 0.196 e. The highest BCUT2D eigenvalue weighted by atomic mass is 79.9. The van der Waals surface area contributed by atoms with E-state index in [1.165, 1.54) is 0 Å². The number of pyridine rings is 1. The number of nitrogens with zero attached hydrogens (tertiary/aromatic N) is 3. The molecule has 2 N–H and O–H groups in total. The Morgan fingerprint density at radius 3 is 2.71 bits per heavy atom. The van der Waals surface area contributed by atoms with Gasteiger partial charge in [0.2, 0.25) is 0 Å². The van der Waals surface area contributed by atoms with E-state index in [2.05, 4.69) is 41.8 Å². The second-order valence-electron chi connectivity index (χ2n) is 4.58. The summed E-state index contributed by atoms with van der Waals surface area (Å²) in [7, 11) is 0. The van der Waals surface area contributed by atoms with Crippen LogP contribution in [0.4, 0.5) is 5.69 Å². The predicted octanol–water partition coefficient (Wildman–Crippen LogP) is 4.14. The maximum atomic E-state index is 6.05. The zero-order valence-electron chi connectivity index (χ0n) is 10.8. The van der Waals surface area contributed by atoms with Crippen molar-refractivity contribution >= 4 is 55.1 Å². The van der Waals surface area contributed by atoms with Crippen LogP contribution < -0.4 is 10.6 Å². The second kappa shape index (κ2) is 5.94. The molecule has 0 bridgehead atoms. The Hall–Kier alpha value is -1.11. The van der Waals surface area contributed by atoms with Gasteiger partial charge in [0.05, 0.1) is 23.3 Å². The Morgan fingerprint density at radius 2 is 2.05 bits per heavy atom. The molecule has 1 unspecified atom stereocenters. The van der Waals surface area contributed by atoms with Crippen molar-refractivity contribution in [3.05, 3.63) is 56.2 Å². The molecule has 0 fully saturated rings. The molecule has 2 aromatic rings. The summed E-state index contributed by atoms with van der Waals surface area (Å²) in [4.78, 5) is 10.8. The van der Waals surface area contributed by atoms with Crippen molar-refractivity contribution in [2.75, 3.05) is 11.4 Å². The van der Waals surface area contributed by atoms with Crippen molar-refractivity contribution in [3.63, 3.8) is 0 Å². The molecule has 0 aliphatic carbocycles. The van der Waals surface area contributed by atoms with E-state index < -0.39 is 0 Å². The molecule has 21 heavy (non-hydrogen) atoms. The van der Waals surface area contributed by atoms with Crippen LogP contribution in [0.1, 0.15) is 11.7 Å². The maximum Gasteiger partial charge on any atom is 0.196 e. The molecule has 3 rings (SSSR count). The molecule has 0 saturated heterocycles. The average Bonchev–Trinajstić information content (AvgIpc) is 2.85. The van der Waals surface area contributed by atoms with Crippen molar-refractivity contribution in [2.24, 2.45) is 10.7 Å². The number of hydrogen-bond donors (Lipinski definition) is 1. The fourth-order valence-corrected chi connectivity index (χ4v) is 2.97. The number of guanidine groups is 1. The van der Waals surface area contributed by atoms with Gasteiger partial charge in [-0.2, -0.15) is 0 Å². The largest absolute Gasteiger partial charge is 0.369 e. The van der Waals surface area contributed by atoms with E-state index in [0.717, 1.165) is 20.3 Å². The van der Waals surface area contributed by atoms with Gasteiger partial charge >= 0.3 is 0 Å². The van der Waals surface area contributed by atoms with Crippen LogP contribution in [0, 0.1) is 0 Å². The Labute approximate surface area is 144 Å². The van der Waals surface area contributed by atoms with E-state index in [1.54, 1.807) is 6.20 Å². The minimum Gasteiger partial charge on any atom is -0.369 e. The van der Waals surface area contributed by atoms with Crippen LogP contribution >= 0.6 is 43.5 Å². The summed E-state index contributed by atoms with van der Waals surface area (Å²) in [5, 5.41) is 0.659. The first kappa shape index (κ1) is 14.8. The SMILES string of the molecule is NC1=NCC(c2ccc(Br)cn2)N1c1ccc(Cl)c(Br)c1. The fourth-order valence-electron chi connectivity index (χ4n) is 2.25. The highest BCUT2D eigenvalue weighted by Crippen LogP contribution is 2.34. The van der Waals surface area contributed by atoms with Crippen molar-refractivity contribution in [1.29, 1.82) is 0 Å². The molecule has 2 heterocycles. The predicted molar refractivity (Wildman–Crippen MR) is 92.8 cm³/mol. The van der Waals surface area contributed by atoms with E-state index in [1.807, 2.05) is 35.2 Å². The summed E-state index contributed by atoms with van der Waals surface area (Å²) in [6.45, 7) is 0.584. The van der Waals surface area contributed by atoms with Crippen LogP contribution in [-0.2, 0) is 0 Å². The van der Waals surface area contributed by atoms with Crippen molar-refractivity contribution in [3.8, 4) is 0 Å². The molecule has 4 nitrogen and oxygen atoms in total. The molecular weight excluding hydrogens is 419 g/mol. The first-order chi connectivity index (χ1) is 10.1. The summed E-state index contributed by atoms with van der Waals surface area (Å²) >= 11 is 12.9. The molecule has 7 heteroatoms. The van der Waals surface area contributed by atoms with Gasteiger partial charge in [-0.3, -0.25) is 9.98 Å². The van der Waals surface area contributed by atoms with Gasteiger partial charge < -0.3 is 10.6 Å². The third kappa shape index (κ3) is 2.93. The van der Waals surface area contributed by atoms with Gasteiger partial charge in [-0.25, -0.2) is 0 Å². The number of nitrogens with two attached hydrogens (primary N) is 1. The molecule has 0 radical (unpaired) electrons. The minimum absolute atomic E-state index is 0.00817. The molecule has 1 aliphatic rings. The lowest BCUT2D eigenvalue weighted by Gasteiger charge is -2.26.